The van der Waals surface area contributed by atoms with E-state index in [1.165, 1.54) is 22.5 Å². The van der Waals surface area contributed by atoms with Crippen LogP contribution in [-0.4, -0.2) is 26.0 Å². The van der Waals surface area contributed by atoms with Gasteiger partial charge in [-0.1, -0.05) is 18.2 Å². The van der Waals surface area contributed by atoms with Crippen molar-refractivity contribution >= 4 is 21.7 Å². The number of hydrogen-bond acceptors (Lipinski definition) is 4. The van der Waals surface area contributed by atoms with Gasteiger partial charge in [-0.2, -0.15) is 0 Å². The van der Waals surface area contributed by atoms with E-state index in [1.54, 1.807) is 24.3 Å². The first-order valence-corrected chi connectivity index (χ1v) is 10.6. The van der Waals surface area contributed by atoms with E-state index in [4.69, 9.17) is 4.74 Å². The zero-order valence-corrected chi connectivity index (χ0v) is 16.3. The van der Waals surface area contributed by atoms with E-state index in [1.807, 2.05) is 30.3 Å². The molecule has 1 N–H and O–H groups in total. The molecule has 0 saturated carbocycles. The first-order chi connectivity index (χ1) is 13.9. The topological polar surface area (TPSA) is 83.9 Å². The molecule has 0 aliphatic carbocycles. The van der Waals surface area contributed by atoms with Crippen molar-refractivity contribution in [3.8, 4) is 11.5 Å². The van der Waals surface area contributed by atoms with Gasteiger partial charge >= 0.3 is 5.97 Å². The van der Waals surface area contributed by atoms with Crippen LogP contribution in [0.2, 0.25) is 0 Å². The summed E-state index contributed by atoms with van der Waals surface area (Å²) in [7, 11) is -3.77. The minimum absolute atomic E-state index is 0.158. The van der Waals surface area contributed by atoms with Gasteiger partial charge in [-0.3, -0.25) is 4.31 Å². The van der Waals surface area contributed by atoms with Crippen molar-refractivity contribution < 1.29 is 23.1 Å². The van der Waals surface area contributed by atoms with Crippen LogP contribution in [0.15, 0.2) is 77.7 Å². The van der Waals surface area contributed by atoms with E-state index in [0.717, 1.165) is 5.56 Å². The summed E-state index contributed by atoms with van der Waals surface area (Å²) in [5.74, 6) is 0.185. The Morgan fingerprint density at radius 2 is 1.62 bits per heavy atom. The normalized spacial score (nSPS) is 13.6. The first kappa shape index (κ1) is 19.0. The Labute approximate surface area is 169 Å². The van der Waals surface area contributed by atoms with E-state index < -0.39 is 16.0 Å². The average Bonchev–Trinajstić information content (AvgIpc) is 2.74. The van der Waals surface area contributed by atoms with E-state index in [0.29, 0.717) is 36.6 Å². The van der Waals surface area contributed by atoms with E-state index in [9.17, 15) is 18.3 Å². The number of carboxylic acids is 1. The zero-order chi connectivity index (χ0) is 20.4. The van der Waals surface area contributed by atoms with Gasteiger partial charge in [0.2, 0.25) is 0 Å². The van der Waals surface area contributed by atoms with Gasteiger partial charge in [0.1, 0.15) is 11.5 Å². The smallest absolute Gasteiger partial charge is 0.335 e. The molecule has 0 fully saturated rings. The van der Waals surface area contributed by atoms with Gasteiger partial charge in [0.25, 0.3) is 10.0 Å². The number of anilines is 1. The predicted octanol–water partition coefficient (Wildman–Crippen LogP) is 4.32. The zero-order valence-electron chi connectivity index (χ0n) is 15.5. The van der Waals surface area contributed by atoms with E-state index >= 15 is 0 Å². The molecule has 1 aliphatic heterocycles. The molecule has 0 saturated heterocycles. The molecule has 29 heavy (non-hydrogen) atoms. The summed E-state index contributed by atoms with van der Waals surface area (Å²) in [6.07, 6.45) is 1.27. The van der Waals surface area contributed by atoms with Gasteiger partial charge in [-0.05, 0) is 73.0 Å². The second kappa shape index (κ2) is 7.60. The lowest BCUT2D eigenvalue weighted by Gasteiger charge is -2.30. The number of ether oxygens (including phenoxy) is 1. The SMILES string of the molecule is O=C(O)c1ccc2c(c1)CCCN2S(=O)(=O)c1ccc(Oc2ccccc2)cc1. The van der Waals surface area contributed by atoms with Crippen LogP contribution >= 0.6 is 0 Å². The molecular weight excluding hydrogens is 390 g/mol. The Balaban J connectivity index is 1.62. The van der Waals surface area contributed by atoms with Crippen molar-refractivity contribution in [1.29, 1.82) is 0 Å². The highest BCUT2D eigenvalue weighted by Gasteiger charge is 2.29. The van der Waals surface area contributed by atoms with Crippen LogP contribution in [0.4, 0.5) is 5.69 Å². The molecule has 0 spiro atoms. The van der Waals surface area contributed by atoms with Crippen molar-refractivity contribution in [2.24, 2.45) is 0 Å². The van der Waals surface area contributed by atoms with Crippen molar-refractivity contribution in [1.82, 2.24) is 0 Å². The Morgan fingerprint density at radius 1 is 0.931 bits per heavy atom. The lowest BCUT2D eigenvalue weighted by Crippen LogP contribution is -2.35. The minimum atomic E-state index is -3.77. The number of rotatable bonds is 5. The number of aromatic carboxylic acids is 1. The highest BCUT2D eigenvalue weighted by molar-refractivity contribution is 7.92. The van der Waals surface area contributed by atoms with Gasteiger partial charge in [0.05, 0.1) is 16.1 Å². The van der Waals surface area contributed by atoms with Gasteiger partial charge in [0, 0.05) is 6.54 Å². The fourth-order valence-electron chi connectivity index (χ4n) is 3.38. The molecule has 0 aromatic heterocycles. The van der Waals surface area contributed by atoms with E-state index in [2.05, 4.69) is 0 Å². The number of carbonyl (C=O) groups is 1. The van der Waals surface area contributed by atoms with Crippen molar-refractivity contribution in [2.75, 3.05) is 10.8 Å². The van der Waals surface area contributed by atoms with Crippen LogP contribution < -0.4 is 9.04 Å². The van der Waals surface area contributed by atoms with Gasteiger partial charge in [-0.25, -0.2) is 13.2 Å². The maximum atomic E-state index is 13.2. The van der Waals surface area contributed by atoms with Gasteiger partial charge in [-0.15, -0.1) is 0 Å². The molecule has 148 valence electrons. The molecule has 1 aliphatic rings. The summed E-state index contributed by atoms with van der Waals surface area (Å²) >= 11 is 0. The Bertz CT molecular complexity index is 1140. The number of fused-ring (bicyclic) bond motifs is 1. The molecule has 0 bridgehead atoms. The van der Waals surface area contributed by atoms with Crippen molar-refractivity contribution in [2.45, 2.75) is 17.7 Å². The van der Waals surface area contributed by atoms with Gasteiger partial charge < -0.3 is 9.84 Å². The second-order valence-electron chi connectivity index (χ2n) is 6.72. The van der Waals surface area contributed by atoms with Crippen LogP contribution in [0.3, 0.4) is 0 Å². The molecule has 1 heterocycles. The lowest BCUT2D eigenvalue weighted by atomic mass is 10.0. The number of benzene rings is 3. The largest absolute Gasteiger partial charge is 0.478 e. The summed E-state index contributed by atoms with van der Waals surface area (Å²) in [6.45, 7) is 0.351. The van der Waals surface area contributed by atoms with E-state index in [-0.39, 0.29) is 10.5 Å². The highest BCUT2D eigenvalue weighted by Crippen LogP contribution is 2.33. The first-order valence-electron chi connectivity index (χ1n) is 9.17. The number of nitrogens with zero attached hydrogens (tertiary/aromatic N) is 1. The third kappa shape index (κ3) is 3.82. The summed E-state index contributed by atoms with van der Waals surface area (Å²) in [5, 5.41) is 9.18. The van der Waals surface area contributed by atoms with Crippen molar-refractivity contribution in [3.05, 3.63) is 83.9 Å². The number of carboxylic acid groups (broad SMARTS) is 1. The summed E-state index contributed by atoms with van der Waals surface area (Å²) in [6, 6.07) is 20.1. The third-order valence-electron chi connectivity index (χ3n) is 4.79. The molecule has 7 heteroatoms. The highest BCUT2D eigenvalue weighted by atomic mass is 32.2. The molecule has 3 aromatic carbocycles. The second-order valence-corrected chi connectivity index (χ2v) is 8.58. The van der Waals surface area contributed by atoms with Crippen molar-refractivity contribution in [3.63, 3.8) is 0 Å². The Kier molecular flexibility index (Phi) is 4.98. The summed E-state index contributed by atoms with van der Waals surface area (Å²) in [5.41, 5.74) is 1.42. The molecule has 0 amide bonds. The lowest BCUT2D eigenvalue weighted by molar-refractivity contribution is 0.0696. The molecule has 0 radical (unpaired) electrons. The molecule has 0 atom stereocenters. The molecule has 6 nitrogen and oxygen atoms in total. The van der Waals surface area contributed by atoms with Crippen LogP contribution in [0.1, 0.15) is 22.3 Å². The number of para-hydroxylation sites is 1. The molecule has 0 unspecified atom stereocenters. The van der Waals surface area contributed by atoms with Crippen LogP contribution in [-0.2, 0) is 16.4 Å². The average molecular weight is 409 g/mol. The van der Waals surface area contributed by atoms with Gasteiger partial charge in [0.15, 0.2) is 0 Å². The summed E-state index contributed by atoms with van der Waals surface area (Å²) in [4.78, 5) is 11.4. The minimum Gasteiger partial charge on any atom is -0.478 e. The number of aryl methyl sites for hydroxylation is 1. The Hall–Kier alpha value is -3.32. The Morgan fingerprint density at radius 3 is 2.31 bits per heavy atom. The molecular formula is C22H19NO5S. The third-order valence-corrected chi connectivity index (χ3v) is 6.62. The fraction of sp³-hybridized carbons (Fsp3) is 0.136. The fourth-order valence-corrected chi connectivity index (χ4v) is 4.92. The monoisotopic (exact) mass is 409 g/mol. The molecule has 3 aromatic rings. The molecule has 4 rings (SSSR count). The predicted molar refractivity (Wildman–Crippen MR) is 109 cm³/mol. The van der Waals surface area contributed by atoms with Crippen LogP contribution in [0.5, 0.6) is 11.5 Å². The van der Waals surface area contributed by atoms with Crippen LogP contribution in [0, 0.1) is 0 Å². The number of sulfonamides is 1. The summed E-state index contributed by atoms with van der Waals surface area (Å²) < 4.78 is 33.5. The maximum Gasteiger partial charge on any atom is 0.335 e. The number of hydrogen-bond donors (Lipinski definition) is 1. The maximum absolute atomic E-state index is 13.2. The van der Waals surface area contributed by atoms with Crippen LogP contribution in [0.25, 0.3) is 0 Å². The standard InChI is InChI=1S/C22H19NO5S/c24-22(25)17-8-13-21-16(15-17)5-4-14-23(21)29(26,27)20-11-9-19(10-12-20)28-18-6-2-1-3-7-18/h1-3,6-13,15H,4-5,14H2,(H,24,25). The quantitative estimate of drug-likeness (QED) is 0.679.